The van der Waals surface area contributed by atoms with Gasteiger partial charge in [-0.15, -0.1) is 0 Å². The Morgan fingerprint density at radius 3 is 2.75 bits per heavy atom. The van der Waals surface area contributed by atoms with Gasteiger partial charge in [0, 0.05) is 0 Å². The van der Waals surface area contributed by atoms with E-state index in [4.69, 9.17) is 10.7 Å². The van der Waals surface area contributed by atoms with Crippen molar-refractivity contribution in [3.63, 3.8) is 0 Å². The Balaban J connectivity index is 2.47. The number of hydrogen-bond donors (Lipinski definition) is 0. The van der Waals surface area contributed by atoms with Crippen molar-refractivity contribution in [3.8, 4) is 0 Å². The molecule has 0 amide bonds. The lowest BCUT2D eigenvalue weighted by Crippen LogP contribution is -2.06. The lowest BCUT2D eigenvalue weighted by atomic mass is 10.1. The normalized spacial score (nSPS) is 14.9. The number of benzene rings is 1. The summed E-state index contributed by atoms with van der Waals surface area (Å²) in [5.74, 6) is -0.856. The van der Waals surface area contributed by atoms with Crippen molar-refractivity contribution >= 4 is 27.6 Å². The molecule has 2 nitrogen and oxygen atoms in total. The first-order valence-corrected chi connectivity index (χ1v) is 6.52. The summed E-state index contributed by atoms with van der Waals surface area (Å²) < 4.78 is 18.5. The molecule has 1 fully saturated rings. The van der Waals surface area contributed by atoms with Crippen LogP contribution in [0.25, 0.3) is 0 Å². The minimum absolute atomic E-state index is 0.0601. The third-order valence-electron chi connectivity index (χ3n) is 2.63. The maximum absolute atomic E-state index is 14.0. The second-order valence-electron chi connectivity index (χ2n) is 3.69. The van der Waals surface area contributed by atoms with E-state index in [1.54, 1.807) is 6.07 Å². The molecule has 1 aliphatic rings. The lowest BCUT2D eigenvalue weighted by molar-refractivity contribution is 0.0594. The van der Waals surface area contributed by atoms with Gasteiger partial charge in [0.1, 0.15) is 0 Å². The Morgan fingerprint density at radius 2 is 2.25 bits per heavy atom. The molecule has 0 unspecified atom stereocenters. The van der Waals surface area contributed by atoms with Crippen LogP contribution in [0, 0.1) is 5.82 Å². The molecule has 1 aromatic rings. The van der Waals surface area contributed by atoms with E-state index in [0.717, 1.165) is 29.4 Å². The molecule has 0 radical (unpaired) electrons. The Bertz CT molecular complexity index is 432. The zero-order chi connectivity index (χ0) is 11.7. The van der Waals surface area contributed by atoms with Crippen LogP contribution >= 0.6 is 21.7 Å². The summed E-state index contributed by atoms with van der Waals surface area (Å²) in [5, 5.41) is 0. The van der Waals surface area contributed by atoms with Crippen LogP contribution < -0.4 is 0 Å². The average Bonchev–Trinajstić information content (AvgIpc) is 3.11. The Hall–Kier alpha value is -0.740. The first kappa shape index (κ1) is 11.7. The molecule has 0 bridgehead atoms. The average molecular weight is 261 g/mol. The van der Waals surface area contributed by atoms with Crippen molar-refractivity contribution in [1.82, 2.24) is 0 Å². The predicted octanol–water partition coefficient (Wildman–Crippen LogP) is 3.74. The number of halogens is 2. The maximum Gasteiger partial charge on any atom is 0.340 e. The second kappa shape index (κ2) is 4.63. The van der Waals surface area contributed by atoms with Crippen molar-refractivity contribution in [3.05, 3.63) is 29.1 Å². The number of rotatable bonds is 3. The molecular weight excluding hydrogens is 251 g/mol. The van der Waals surface area contributed by atoms with Crippen molar-refractivity contribution in [2.24, 2.45) is 0 Å². The molecular formula is C11H10ClFO2S. The summed E-state index contributed by atoms with van der Waals surface area (Å²) in [4.78, 5) is 11.6. The Kier molecular flexibility index (Phi) is 3.40. The number of esters is 1. The van der Waals surface area contributed by atoms with E-state index in [9.17, 15) is 9.18 Å². The minimum atomic E-state index is -0.674. The van der Waals surface area contributed by atoms with E-state index in [0.29, 0.717) is 10.8 Å². The third kappa shape index (κ3) is 2.04. The van der Waals surface area contributed by atoms with Crippen LogP contribution in [0.1, 0.15) is 34.7 Å². The van der Waals surface area contributed by atoms with Crippen molar-refractivity contribution in [1.29, 1.82) is 0 Å². The molecule has 0 spiro atoms. The van der Waals surface area contributed by atoms with Crippen LogP contribution in [0.15, 0.2) is 17.0 Å². The van der Waals surface area contributed by atoms with Crippen LogP contribution in [0.5, 0.6) is 0 Å². The summed E-state index contributed by atoms with van der Waals surface area (Å²) >= 11 is 0. The van der Waals surface area contributed by atoms with Crippen LogP contribution in [0.2, 0.25) is 0 Å². The van der Waals surface area contributed by atoms with Crippen molar-refractivity contribution in [2.75, 3.05) is 7.11 Å². The molecule has 0 aliphatic heterocycles. The van der Waals surface area contributed by atoms with Crippen LogP contribution in [0.4, 0.5) is 4.39 Å². The summed E-state index contributed by atoms with van der Waals surface area (Å²) in [6.07, 6.45) is 2.11. The van der Waals surface area contributed by atoms with Gasteiger partial charge in [-0.25, -0.2) is 9.18 Å². The Labute approximate surface area is 102 Å². The minimum Gasteiger partial charge on any atom is -0.465 e. The maximum atomic E-state index is 14.0. The summed E-state index contributed by atoms with van der Waals surface area (Å²) in [7, 11) is 7.70. The number of hydrogen-bond acceptors (Lipinski definition) is 3. The van der Waals surface area contributed by atoms with Gasteiger partial charge in [0.05, 0.1) is 17.6 Å². The summed E-state index contributed by atoms with van der Waals surface area (Å²) in [5.41, 5.74) is 0.834. The lowest BCUT2D eigenvalue weighted by Gasteiger charge is -2.09. The first-order valence-electron chi connectivity index (χ1n) is 4.88. The van der Waals surface area contributed by atoms with E-state index in [1.165, 1.54) is 13.2 Å². The SMILES string of the molecule is COC(=O)c1ccc(C2CC2)c(SCl)c1F. The topological polar surface area (TPSA) is 26.3 Å². The van der Waals surface area contributed by atoms with Gasteiger partial charge in [0.25, 0.3) is 0 Å². The predicted molar refractivity (Wildman–Crippen MR) is 61.4 cm³/mol. The van der Waals surface area contributed by atoms with Gasteiger partial charge in [0.2, 0.25) is 0 Å². The highest BCUT2D eigenvalue weighted by atomic mass is 35.7. The van der Waals surface area contributed by atoms with Crippen LogP contribution in [-0.2, 0) is 4.74 Å². The van der Waals surface area contributed by atoms with Gasteiger partial charge in [-0.1, -0.05) is 6.07 Å². The smallest absolute Gasteiger partial charge is 0.340 e. The van der Waals surface area contributed by atoms with E-state index >= 15 is 0 Å². The molecule has 1 aromatic carbocycles. The quantitative estimate of drug-likeness (QED) is 0.775. The molecule has 1 saturated carbocycles. The number of carbonyl (C=O) groups is 1. The zero-order valence-corrected chi connectivity index (χ0v) is 10.2. The highest BCUT2D eigenvalue weighted by Crippen LogP contribution is 2.46. The van der Waals surface area contributed by atoms with Crippen molar-refractivity contribution in [2.45, 2.75) is 23.7 Å². The molecule has 0 heterocycles. The fraction of sp³-hybridized carbons (Fsp3) is 0.364. The van der Waals surface area contributed by atoms with Gasteiger partial charge >= 0.3 is 5.97 Å². The second-order valence-corrected chi connectivity index (χ2v) is 4.71. The van der Waals surface area contributed by atoms with Gasteiger partial charge in [-0.2, -0.15) is 0 Å². The van der Waals surface area contributed by atoms with E-state index < -0.39 is 11.8 Å². The molecule has 16 heavy (non-hydrogen) atoms. The fourth-order valence-electron chi connectivity index (χ4n) is 1.63. The van der Waals surface area contributed by atoms with E-state index in [2.05, 4.69) is 4.74 Å². The summed E-state index contributed by atoms with van der Waals surface area (Å²) in [6.45, 7) is 0. The fourth-order valence-corrected chi connectivity index (χ4v) is 2.60. The molecule has 0 aromatic heterocycles. The highest BCUT2D eigenvalue weighted by molar-refractivity contribution is 8.21. The van der Waals surface area contributed by atoms with Crippen molar-refractivity contribution < 1.29 is 13.9 Å². The Morgan fingerprint density at radius 1 is 1.56 bits per heavy atom. The van der Waals surface area contributed by atoms with Gasteiger partial charge in [-0.3, -0.25) is 0 Å². The monoisotopic (exact) mass is 260 g/mol. The number of methoxy groups -OCH3 is 1. The standard InChI is InChI=1S/C11H10ClFO2S/c1-15-11(14)8-5-4-7(6-2-3-6)10(16-12)9(8)13/h4-6H,2-3H2,1H3. The molecule has 1 aliphatic carbocycles. The molecule has 0 atom stereocenters. The van der Waals surface area contributed by atoms with E-state index in [1.807, 2.05) is 0 Å². The van der Waals surface area contributed by atoms with Crippen LogP contribution in [0.3, 0.4) is 0 Å². The third-order valence-corrected chi connectivity index (χ3v) is 3.66. The molecule has 0 N–H and O–H groups in total. The zero-order valence-electron chi connectivity index (χ0n) is 8.63. The molecule has 2 rings (SSSR count). The largest absolute Gasteiger partial charge is 0.465 e. The molecule has 0 saturated heterocycles. The van der Waals surface area contributed by atoms with E-state index in [-0.39, 0.29) is 5.56 Å². The highest BCUT2D eigenvalue weighted by Gasteiger charge is 2.29. The first-order chi connectivity index (χ1) is 7.69. The van der Waals surface area contributed by atoms with Crippen LogP contribution in [-0.4, -0.2) is 13.1 Å². The van der Waals surface area contributed by atoms with Gasteiger partial charge < -0.3 is 4.74 Å². The summed E-state index contributed by atoms with van der Waals surface area (Å²) in [6, 6.07) is 3.23. The molecule has 5 heteroatoms. The van der Waals surface area contributed by atoms with Gasteiger partial charge in [-0.05, 0) is 52.0 Å². The molecule has 86 valence electrons. The number of ether oxygens (including phenoxy) is 1. The number of carbonyl (C=O) groups excluding carboxylic acids is 1. The van der Waals surface area contributed by atoms with Gasteiger partial charge in [0.15, 0.2) is 5.82 Å².